The number of ether oxygens (including phenoxy) is 1. The predicted octanol–water partition coefficient (Wildman–Crippen LogP) is 5.14. The Labute approximate surface area is 125 Å². The molecule has 0 amide bonds. The molecule has 2 nitrogen and oxygen atoms in total. The van der Waals surface area contributed by atoms with Crippen LogP contribution in [0.15, 0.2) is 42.5 Å². The van der Waals surface area contributed by atoms with Crippen LogP contribution in [0.5, 0.6) is 11.5 Å². The van der Waals surface area contributed by atoms with Crippen molar-refractivity contribution in [1.82, 2.24) is 0 Å². The molecule has 0 fully saturated rings. The first kappa shape index (κ1) is 14.9. The minimum Gasteiger partial charge on any atom is -0.456 e. The molecule has 1 atom stereocenters. The second-order valence-corrected chi connectivity index (χ2v) is 5.28. The van der Waals surface area contributed by atoms with Gasteiger partial charge in [0.15, 0.2) is 0 Å². The van der Waals surface area contributed by atoms with E-state index < -0.39 is 0 Å². The van der Waals surface area contributed by atoms with E-state index in [1.165, 1.54) is 5.56 Å². The lowest BCUT2D eigenvalue weighted by atomic mass is 9.98. The van der Waals surface area contributed by atoms with E-state index in [1.54, 1.807) is 12.1 Å². The van der Waals surface area contributed by atoms with Crippen LogP contribution in [0.2, 0.25) is 5.02 Å². The molecule has 1 unspecified atom stereocenters. The van der Waals surface area contributed by atoms with E-state index in [0.29, 0.717) is 16.7 Å². The van der Waals surface area contributed by atoms with Crippen molar-refractivity contribution in [2.45, 2.75) is 32.8 Å². The second-order valence-electron chi connectivity index (χ2n) is 4.87. The molecule has 2 aromatic carbocycles. The topological polar surface area (TPSA) is 29.5 Å². The molecule has 20 heavy (non-hydrogen) atoms. The largest absolute Gasteiger partial charge is 0.456 e. The van der Waals surface area contributed by atoms with Crippen LogP contribution in [0.3, 0.4) is 0 Å². The van der Waals surface area contributed by atoms with Gasteiger partial charge in [-0.05, 0) is 41.7 Å². The maximum absolute atomic E-state index is 9.09. The Kier molecular flexibility index (Phi) is 5.05. The Balaban J connectivity index is 2.30. The summed E-state index contributed by atoms with van der Waals surface area (Å²) in [6, 6.07) is 13.3. The SMILES string of the molecule is CCC(C)c1ccccc1Oc1ccc(CO)cc1Cl. The molecule has 0 saturated heterocycles. The molecule has 0 aliphatic carbocycles. The summed E-state index contributed by atoms with van der Waals surface area (Å²) in [7, 11) is 0. The highest BCUT2D eigenvalue weighted by Crippen LogP contribution is 2.35. The Bertz CT molecular complexity index is 581. The molecule has 0 saturated carbocycles. The summed E-state index contributed by atoms with van der Waals surface area (Å²) in [5, 5.41) is 9.60. The fourth-order valence-corrected chi connectivity index (χ4v) is 2.29. The van der Waals surface area contributed by atoms with Crippen LogP contribution in [-0.2, 0) is 6.61 Å². The highest BCUT2D eigenvalue weighted by molar-refractivity contribution is 6.32. The minimum absolute atomic E-state index is 0.0243. The van der Waals surface area contributed by atoms with Crippen LogP contribution in [0.25, 0.3) is 0 Å². The van der Waals surface area contributed by atoms with Gasteiger partial charge in [-0.25, -0.2) is 0 Å². The molecule has 2 aromatic rings. The lowest BCUT2D eigenvalue weighted by Gasteiger charge is -2.16. The first-order valence-electron chi connectivity index (χ1n) is 6.81. The fraction of sp³-hybridized carbons (Fsp3) is 0.294. The van der Waals surface area contributed by atoms with Crippen LogP contribution < -0.4 is 4.74 Å². The van der Waals surface area contributed by atoms with Crippen molar-refractivity contribution < 1.29 is 9.84 Å². The van der Waals surface area contributed by atoms with Gasteiger partial charge in [0.25, 0.3) is 0 Å². The van der Waals surface area contributed by atoms with E-state index in [1.807, 2.05) is 24.3 Å². The summed E-state index contributed by atoms with van der Waals surface area (Å²) in [5.41, 5.74) is 1.95. The van der Waals surface area contributed by atoms with Crippen molar-refractivity contribution in [3.8, 4) is 11.5 Å². The van der Waals surface area contributed by atoms with Gasteiger partial charge >= 0.3 is 0 Å². The third-order valence-electron chi connectivity index (χ3n) is 3.46. The van der Waals surface area contributed by atoms with Crippen molar-refractivity contribution in [3.05, 3.63) is 58.6 Å². The van der Waals surface area contributed by atoms with E-state index in [4.69, 9.17) is 21.4 Å². The van der Waals surface area contributed by atoms with E-state index in [-0.39, 0.29) is 6.61 Å². The number of aliphatic hydroxyl groups is 1. The van der Waals surface area contributed by atoms with Gasteiger partial charge in [0.05, 0.1) is 11.6 Å². The van der Waals surface area contributed by atoms with Gasteiger partial charge in [0.2, 0.25) is 0 Å². The van der Waals surface area contributed by atoms with Crippen molar-refractivity contribution in [1.29, 1.82) is 0 Å². The van der Waals surface area contributed by atoms with Crippen LogP contribution in [0.4, 0.5) is 0 Å². The van der Waals surface area contributed by atoms with E-state index in [2.05, 4.69) is 19.9 Å². The number of halogens is 1. The molecule has 0 aliphatic heterocycles. The zero-order chi connectivity index (χ0) is 14.5. The number of aliphatic hydroxyl groups excluding tert-OH is 1. The fourth-order valence-electron chi connectivity index (χ4n) is 2.04. The van der Waals surface area contributed by atoms with Crippen LogP contribution in [-0.4, -0.2) is 5.11 Å². The normalized spacial score (nSPS) is 12.2. The number of rotatable bonds is 5. The molecule has 2 rings (SSSR count). The molecule has 1 N–H and O–H groups in total. The number of benzene rings is 2. The molecular formula is C17H19ClO2. The quantitative estimate of drug-likeness (QED) is 0.826. The van der Waals surface area contributed by atoms with Gasteiger partial charge < -0.3 is 9.84 Å². The molecule has 0 aromatic heterocycles. The first-order chi connectivity index (χ1) is 9.65. The van der Waals surface area contributed by atoms with Crippen LogP contribution >= 0.6 is 11.6 Å². The molecular weight excluding hydrogens is 272 g/mol. The van der Waals surface area contributed by atoms with Crippen LogP contribution in [0, 0.1) is 0 Å². The third-order valence-corrected chi connectivity index (χ3v) is 3.76. The minimum atomic E-state index is -0.0243. The summed E-state index contributed by atoms with van der Waals surface area (Å²) in [5.74, 6) is 1.88. The average molecular weight is 291 g/mol. The summed E-state index contributed by atoms with van der Waals surface area (Å²) >= 11 is 6.19. The van der Waals surface area contributed by atoms with E-state index in [0.717, 1.165) is 17.7 Å². The molecule has 0 radical (unpaired) electrons. The molecule has 0 aliphatic rings. The van der Waals surface area contributed by atoms with E-state index >= 15 is 0 Å². The second kappa shape index (κ2) is 6.78. The maximum Gasteiger partial charge on any atom is 0.146 e. The molecule has 0 heterocycles. The number of hydrogen-bond acceptors (Lipinski definition) is 2. The van der Waals surface area contributed by atoms with Gasteiger partial charge in [-0.3, -0.25) is 0 Å². The van der Waals surface area contributed by atoms with Crippen molar-refractivity contribution >= 4 is 11.6 Å². The lowest BCUT2D eigenvalue weighted by molar-refractivity contribution is 0.281. The van der Waals surface area contributed by atoms with Gasteiger partial charge in [-0.2, -0.15) is 0 Å². The Hall–Kier alpha value is -1.51. The van der Waals surface area contributed by atoms with Gasteiger partial charge in [0.1, 0.15) is 11.5 Å². The predicted molar refractivity (Wildman–Crippen MR) is 82.6 cm³/mol. The smallest absolute Gasteiger partial charge is 0.146 e. The highest BCUT2D eigenvalue weighted by atomic mass is 35.5. The van der Waals surface area contributed by atoms with Crippen LogP contribution in [0.1, 0.15) is 37.3 Å². The van der Waals surface area contributed by atoms with Gasteiger partial charge in [-0.15, -0.1) is 0 Å². The Morgan fingerprint density at radius 3 is 2.55 bits per heavy atom. The summed E-state index contributed by atoms with van der Waals surface area (Å²) in [6.45, 7) is 4.31. The van der Waals surface area contributed by atoms with Gasteiger partial charge in [-0.1, -0.05) is 49.7 Å². The molecule has 0 bridgehead atoms. The molecule has 106 valence electrons. The highest BCUT2D eigenvalue weighted by Gasteiger charge is 2.12. The Morgan fingerprint density at radius 1 is 1.15 bits per heavy atom. The first-order valence-corrected chi connectivity index (χ1v) is 7.19. The zero-order valence-electron chi connectivity index (χ0n) is 11.8. The molecule has 3 heteroatoms. The Morgan fingerprint density at radius 2 is 1.90 bits per heavy atom. The van der Waals surface area contributed by atoms with Crippen molar-refractivity contribution in [2.75, 3.05) is 0 Å². The van der Waals surface area contributed by atoms with Gasteiger partial charge in [0, 0.05) is 0 Å². The molecule has 0 spiro atoms. The lowest BCUT2D eigenvalue weighted by Crippen LogP contribution is -1.96. The third kappa shape index (κ3) is 3.33. The summed E-state index contributed by atoms with van der Waals surface area (Å²) in [6.07, 6.45) is 1.05. The zero-order valence-corrected chi connectivity index (χ0v) is 12.5. The number of para-hydroxylation sites is 1. The number of hydrogen-bond donors (Lipinski definition) is 1. The monoisotopic (exact) mass is 290 g/mol. The summed E-state index contributed by atoms with van der Waals surface area (Å²) in [4.78, 5) is 0. The maximum atomic E-state index is 9.09. The van der Waals surface area contributed by atoms with E-state index in [9.17, 15) is 0 Å². The standard InChI is InChI=1S/C17H19ClO2/c1-3-12(2)14-6-4-5-7-16(14)20-17-9-8-13(11-19)10-15(17)18/h4-10,12,19H,3,11H2,1-2H3. The van der Waals surface area contributed by atoms with Crippen molar-refractivity contribution in [2.24, 2.45) is 0 Å². The van der Waals surface area contributed by atoms with Crippen molar-refractivity contribution in [3.63, 3.8) is 0 Å². The average Bonchev–Trinajstić information content (AvgIpc) is 2.49. The summed E-state index contributed by atoms with van der Waals surface area (Å²) < 4.78 is 5.95.